The molecule has 0 fully saturated rings. The third kappa shape index (κ3) is 1.01. The first-order valence-electron chi connectivity index (χ1n) is 3.74. The Morgan fingerprint density at radius 1 is 1.45 bits per heavy atom. The summed E-state index contributed by atoms with van der Waals surface area (Å²) in [5, 5.41) is 0. The molecular formula is C10H10N. The van der Waals surface area contributed by atoms with E-state index >= 15 is 0 Å². The van der Waals surface area contributed by atoms with Gasteiger partial charge in [-0.3, -0.25) is 0 Å². The Labute approximate surface area is 67.6 Å². The Morgan fingerprint density at radius 3 is 3.09 bits per heavy atom. The van der Waals surface area contributed by atoms with Gasteiger partial charge in [0.15, 0.2) is 0 Å². The molecule has 0 unspecified atom stereocenters. The molecule has 1 aliphatic rings. The zero-order valence-electron chi connectivity index (χ0n) is 6.38. The predicted molar refractivity (Wildman–Crippen MR) is 46.3 cm³/mol. The lowest BCUT2D eigenvalue weighted by atomic mass is 10.1. The molecule has 0 spiro atoms. The predicted octanol–water partition coefficient (Wildman–Crippen LogP) is 1.90. The summed E-state index contributed by atoms with van der Waals surface area (Å²) in [6, 6.07) is 6.00. The molecule has 1 aromatic rings. The first-order valence-corrected chi connectivity index (χ1v) is 3.74. The van der Waals surface area contributed by atoms with Crippen LogP contribution in [0.15, 0.2) is 18.2 Å². The molecule has 1 heteroatoms. The molecule has 0 saturated carbocycles. The maximum absolute atomic E-state index is 5.64. The molecule has 11 heavy (non-hydrogen) atoms. The van der Waals surface area contributed by atoms with Gasteiger partial charge in [0.1, 0.15) is 0 Å². The molecule has 0 aromatic heterocycles. The second-order valence-corrected chi connectivity index (χ2v) is 2.90. The van der Waals surface area contributed by atoms with Crippen LogP contribution in [0, 0.1) is 14.0 Å². The minimum absolute atomic E-state index is 0.819. The van der Waals surface area contributed by atoms with Crippen LogP contribution in [0.4, 0.5) is 5.69 Å². The zero-order chi connectivity index (χ0) is 7.84. The Hall–Kier alpha value is -0.980. The number of fused-ring (bicyclic) bond motifs is 1. The highest BCUT2D eigenvalue weighted by molar-refractivity contribution is 5.60. The van der Waals surface area contributed by atoms with Crippen LogP contribution in [0.3, 0.4) is 0 Å². The lowest BCUT2D eigenvalue weighted by Crippen LogP contribution is -2.09. The highest BCUT2D eigenvalue weighted by atomic mass is 15.1. The quantitative estimate of drug-likeness (QED) is 0.537. The van der Waals surface area contributed by atoms with E-state index < -0.39 is 0 Å². The van der Waals surface area contributed by atoms with E-state index in [1.165, 1.54) is 11.3 Å². The standard InChI is InChI=1S/C10H10N/c1-8-3-4-9-5-6-11(2)10(9)7-8/h1,3-4,7H,2,5-6H2. The summed E-state index contributed by atoms with van der Waals surface area (Å²) in [6.07, 6.45) is 1.10. The molecule has 0 aliphatic carbocycles. The van der Waals surface area contributed by atoms with Gasteiger partial charge in [-0.2, -0.15) is 0 Å². The topological polar surface area (TPSA) is 3.24 Å². The average Bonchev–Trinajstić information content (AvgIpc) is 2.33. The van der Waals surface area contributed by atoms with Crippen LogP contribution in [-0.4, -0.2) is 6.54 Å². The van der Waals surface area contributed by atoms with Crippen molar-refractivity contribution in [1.82, 2.24) is 0 Å². The summed E-state index contributed by atoms with van der Waals surface area (Å²) in [5.74, 6) is 0. The van der Waals surface area contributed by atoms with Gasteiger partial charge in [0, 0.05) is 19.3 Å². The summed E-state index contributed by atoms with van der Waals surface area (Å²) in [5.41, 5.74) is 3.36. The molecule has 3 radical (unpaired) electrons. The van der Waals surface area contributed by atoms with Gasteiger partial charge in [-0.05, 0) is 30.5 Å². The van der Waals surface area contributed by atoms with Gasteiger partial charge in [-0.1, -0.05) is 12.1 Å². The van der Waals surface area contributed by atoms with Crippen LogP contribution < -0.4 is 4.90 Å². The smallest absolute Gasteiger partial charge is 0.0403 e. The molecule has 1 aliphatic heterocycles. The van der Waals surface area contributed by atoms with Crippen LogP contribution in [0.25, 0.3) is 0 Å². The van der Waals surface area contributed by atoms with Gasteiger partial charge in [-0.25, -0.2) is 0 Å². The second-order valence-electron chi connectivity index (χ2n) is 2.90. The lowest BCUT2D eigenvalue weighted by Gasteiger charge is -2.11. The molecular weight excluding hydrogens is 134 g/mol. The van der Waals surface area contributed by atoms with E-state index in [9.17, 15) is 0 Å². The van der Waals surface area contributed by atoms with E-state index in [2.05, 4.69) is 13.1 Å². The van der Waals surface area contributed by atoms with Gasteiger partial charge < -0.3 is 4.90 Å². The van der Waals surface area contributed by atoms with E-state index in [0.717, 1.165) is 18.5 Å². The van der Waals surface area contributed by atoms with E-state index in [1.54, 1.807) is 0 Å². The third-order valence-corrected chi connectivity index (χ3v) is 2.10. The summed E-state index contributed by atoms with van der Waals surface area (Å²) in [6.45, 7) is 6.65. The molecule has 1 nitrogen and oxygen atoms in total. The summed E-state index contributed by atoms with van der Waals surface area (Å²) < 4.78 is 0. The molecule has 0 saturated heterocycles. The molecule has 0 amide bonds. The minimum atomic E-state index is 0.819. The van der Waals surface area contributed by atoms with Gasteiger partial charge in [-0.15, -0.1) is 0 Å². The van der Waals surface area contributed by atoms with Crippen LogP contribution in [-0.2, 0) is 6.42 Å². The fourth-order valence-corrected chi connectivity index (χ4v) is 1.46. The minimum Gasteiger partial charge on any atom is -0.369 e. The van der Waals surface area contributed by atoms with Gasteiger partial charge >= 0.3 is 0 Å². The van der Waals surface area contributed by atoms with E-state index in [4.69, 9.17) is 6.92 Å². The molecule has 0 atom stereocenters. The molecule has 0 N–H and O–H groups in total. The van der Waals surface area contributed by atoms with Crippen molar-refractivity contribution >= 4 is 5.69 Å². The van der Waals surface area contributed by atoms with Crippen molar-refractivity contribution in [2.75, 3.05) is 11.4 Å². The van der Waals surface area contributed by atoms with Crippen LogP contribution in [0.1, 0.15) is 11.1 Å². The maximum atomic E-state index is 5.64. The fourth-order valence-electron chi connectivity index (χ4n) is 1.46. The fraction of sp³-hybridized carbons (Fsp3) is 0.200. The summed E-state index contributed by atoms with van der Waals surface area (Å²) in [4.78, 5) is 1.99. The summed E-state index contributed by atoms with van der Waals surface area (Å²) >= 11 is 0. The van der Waals surface area contributed by atoms with Crippen molar-refractivity contribution in [2.24, 2.45) is 0 Å². The van der Waals surface area contributed by atoms with Crippen molar-refractivity contribution in [2.45, 2.75) is 6.42 Å². The summed E-state index contributed by atoms with van der Waals surface area (Å²) in [7, 11) is 3.90. The first kappa shape index (κ1) is 6.71. The largest absolute Gasteiger partial charge is 0.369 e. The van der Waals surface area contributed by atoms with Crippen molar-refractivity contribution < 1.29 is 0 Å². The highest BCUT2D eigenvalue weighted by Gasteiger charge is 2.14. The Balaban J connectivity index is 2.52. The maximum Gasteiger partial charge on any atom is 0.0403 e. The molecule has 1 heterocycles. The SMILES string of the molecule is [CH]c1ccc2c(c1)N([CH2])CC2. The van der Waals surface area contributed by atoms with E-state index in [1.807, 2.05) is 17.0 Å². The van der Waals surface area contributed by atoms with Gasteiger partial charge in [0.25, 0.3) is 0 Å². The monoisotopic (exact) mass is 144 g/mol. The number of anilines is 1. The number of hydrogen-bond donors (Lipinski definition) is 0. The first-order chi connectivity index (χ1) is 5.27. The van der Waals surface area contributed by atoms with Crippen molar-refractivity contribution in [3.05, 3.63) is 43.3 Å². The Morgan fingerprint density at radius 2 is 2.27 bits per heavy atom. The van der Waals surface area contributed by atoms with E-state index in [-0.39, 0.29) is 0 Å². The number of rotatable bonds is 0. The molecule has 0 bridgehead atoms. The number of benzene rings is 1. The van der Waals surface area contributed by atoms with Gasteiger partial charge in [0.05, 0.1) is 0 Å². The normalized spacial score (nSPS) is 15.3. The van der Waals surface area contributed by atoms with Crippen LogP contribution >= 0.6 is 0 Å². The molecule has 55 valence electrons. The Kier molecular flexibility index (Phi) is 1.38. The van der Waals surface area contributed by atoms with Crippen molar-refractivity contribution in [1.29, 1.82) is 0 Å². The Bertz CT molecular complexity index is 278. The molecule has 2 rings (SSSR count). The lowest BCUT2D eigenvalue weighted by molar-refractivity contribution is 0.991. The molecule has 1 aromatic carbocycles. The van der Waals surface area contributed by atoms with Crippen molar-refractivity contribution in [3.63, 3.8) is 0 Å². The third-order valence-electron chi connectivity index (χ3n) is 2.10. The van der Waals surface area contributed by atoms with Gasteiger partial charge in [0.2, 0.25) is 0 Å². The van der Waals surface area contributed by atoms with Crippen LogP contribution in [0.2, 0.25) is 0 Å². The van der Waals surface area contributed by atoms with Crippen LogP contribution in [0.5, 0.6) is 0 Å². The average molecular weight is 144 g/mol. The highest BCUT2D eigenvalue weighted by Crippen LogP contribution is 2.27. The number of nitrogens with zero attached hydrogens (tertiary/aromatic N) is 1. The zero-order valence-corrected chi connectivity index (χ0v) is 6.38. The second kappa shape index (κ2) is 2.26. The number of hydrogen-bond acceptors (Lipinski definition) is 1. The van der Waals surface area contributed by atoms with Crippen molar-refractivity contribution in [3.8, 4) is 0 Å². The van der Waals surface area contributed by atoms with E-state index in [0.29, 0.717) is 0 Å².